The van der Waals surface area contributed by atoms with E-state index < -0.39 is 5.97 Å². The lowest BCUT2D eigenvalue weighted by Gasteiger charge is -2.11. The highest BCUT2D eigenvalue weighted by atomic mass is 16.5. The summed E-state index contributed by atoms with van der Waals surface area (Å²) in [4.78, 5) is 31.7. The smallest absolute Gasteiger partial charge is 0.342 e. The van der Waals surface area contributed by atoms with Gasteiger partial charge in [-0.1, -0.05) is 49.7 Å². The summed E-state index contributed by atoms with van der Waals surface area (Å²) in [6.45, 7) is 2.17. The molecule has 33 heavy (non-hydrogen) atoms. The van der Waals surface area contributed by atoms with Gasteiger partial charge in [-0.25, -0.2) is 4.79 Å². The SMILES string of the molecule is CCCCc1ccc2c(c1)c1[nH]c(N(C)C)c(C(=O)OC)c1c(=O)n2C=Cc1ccccc1. The number of methoxy groups -OCH3 is 1. The minimum Gasteiger partial charge on any atom is -0.465 e. The Morgan fingerprint density at radius 3 is 2.58 bits per heavy atom. The van der Waals surface area contributed by atoms with Crippen molar-refractivity contribution in [2.24, 2.45) is 0 Å². The van der Waals surface area contributed by atoms with Crippen molar-refractivity contribution in [2.75, 3.05) is 26.1 Å². The summed E-state index contributed by atoms with van der Waals surface area (Å²) < 4.78 is 6.67. The summed E-state index contributed by atoms with van der Waals surface area (Å²) in [5.74, 6) is 0.0149. The van der Waals surface area contributed by atoms with Crippen LogP contribution in [0.3, 0.4) is 0 Å². The summed E-state index contributed by atoms with van der Waals surface area (Å²) >= 11 is 0. The molecule has 4 aromatic rings. The van der Waals surface area contributed by atoms with Crippen molar-refractivity contribution >= 4 is 45.9 Å². The molecule has 170 valence electrons. The number of H-pyrrole nitrogens is 1. The van der Waals surface area contributed by atoms with Gasteiger partial charge in [0.2, 0.25) is 0 Å². The predicted molar refractivity (Wildman–Crippen MR) is 136 cm³/mol. The third kappa shape index (κ3) is 4.16. The van der Waals surface area contributed by atoms with Gasteiger partial charge in [0, 0.05) is 25.7 Å². The van der Waals surface area contributed by atoms with Gasteiger partial charge in [0.1, 0.15) is 11.4 Å². The molecule has 0 amide bonds. The molecule has 0 saturated heterocycles. The van der Waals surface area contributed by atoms with Gasteiger partial charge in [0.05, 0.1) is 23.5 Å². The Morgan fingerprint density at radius 2 is 1.91 bits per heavy atom. The third-order valence-electron chi connectivity index (χ3n) is 5.87. The first-order valence-corrected chi connectivity index (χ1v) is 11.2. The summed E-state index contributed by atoms with van der Waals surface area (Å²) in [6.07, 6.45) is 6.82. The minimum atomic E-state index is -0.540. The van der Waals surface area contributed by atoms with Crippen LogP contribution in [0.15, 0.2) is 53.3 Å². The van der Waals surface area contributed by atoms with Crippen LogP contribution >= 0.6 is 0 Å². The van der Waals surface area contributed by atoms with Crippen molar-refractivity contribution in [2.45, 2.75) is 26.2 Å². The number of anilines is 1. The second-order valence-corrected chi connectivity index (χ2v) is 8.34. The van der Waals surface area contributed by atoms with Crippen molar-refractivity contribution in [1.82, 2.24) is 9.55 Å². The Kier molecular flexibility index (Phi) is 6.36. The maximum absolute atomic E-state index is 13.8. The lowest BCUT2D eigenvalue weighted by molar-refractivity contribution is 0.0603. The van der Waals surface area contributed by atoms with Crippen molar-refractivity contribution in [3.8, 4) is 0 Å². The van der Waals surface area contributed by atoms with Crippen LogP contribution in [-0.2, 0) is 11.2 Å². The molecular formula is C27H29N3O3. The first-order valence-electron chi connectivity index (χ1n) is 11.2. The number of hydrogen-bond acceptors (Lipinski definition) is 4. The van der Waals surface area contributed by atoms with Gasteiger partial charge in [-0.2, -0.15) is 0 Å². The zero-order valence-electron chi connectivity index (χ0n) is 19.5. The maximum Gasteiger partial charge on any atom is 0.342 e. The van der Waals surface area contributed by atoms with Crippen LogP contribution in [0.1, 0.15) is 41.3 Å². The van der Waals surface area contributed by atoms with E-state index in [1.54, 1.807) is 15.7 Å². The predicted octanol–water partition coefficient (Wildman–Crippen LogP) is 5.31. The number of esters is 1. The van der Waals surface area contributed by atoms with E-state index in [9.17, 15) is 9.59 Å². The van der Waals surface area contributed by atoms with E-state index in [0.29, 0.717) is 16.7 Å². The average Bonchev–Trinajstić information content (AvgIpc) is 3.24. The number of hydrogen-bond donors (Lipinski definition) is 1. The van der Waals surface area contributed by atoms with E-state index in [1.165, 1.54) is 12.7 Å². The van der Waals surface area contributed by atoms with Crippen molar-refractivity contribution < 1.29 is 9.53 Å². The van der Waals surface area contributed by atoms with Gasteiger partial charge >= 0.3 is 5.97 Å². The number of aromatic amines is 1. The van der Waals surface area contributed by atoms with E-state index in [-0.39, 0.29) is 11.1 Å². The van der Waals surface area contributed by atoms with Crippen molar-refractivity contribution in [3.63, 3.8) is 0 Å². The number of benzene rings is 2. The molecule has 0 radical (unpaired) electrons. The number of carbonyl (C=O) groups is 1. The molecule has 0 aliphatic rings. The largest absolute Gasteiger partial charge is 0.465 e. The quantitative estimate of drug-likeness (QED) is 0.393. The molecule has 0 aliphatic heterocycles. The number of nitrogens with zero attached hydrogens (tertiary/aromatic N) is 2. The molecule has 2 aromatic heterocycles. The lowest BCUT2D eigenvalue weighted by Crippen LogP contribution is -2.19. The van der Waals surface area contributed by atoms with Crippen LogP contribution in [0.2, 0.25) is 0 Å². The highest BCUT2D eigenvalue weighted by molar-refractivity contribution is 6.16. The molecule has 0 spiro atoms. The van der Waals surface area contributed by atoms with Crippen molar-refractivity contribution in [1.29, 1.82) is 0 Å². The first-order chi connectivity index (χ1) is 16.0. The van der Waals surface area contributed by atoms with Crippen LogP contribution in [0.5, 0.6) is 0 Å². The molecule has 6 heteroatoms. The average molecular weight is 444 g/mol. The van der Waals surface area contributed by atoms with Gasteiger partial charge in [-0.05, 0) is 42.2 Å². The molecule has 1 N–H and O–H groups in total. The highest BCUT2D eigenvalue weighted by Crippen LogP contribution is 2.32. The van der Waals surface area contributed by atoms with E-state index in [1.807, 2.05) is 56.6 Å². The molecule has 0 aliphatic carbocycles. The number of unbranched alkanes of at least 4 members (excludes halogenated alkanes) is 1. The monoisotopic (exact) mass is 443 g/mol. The second-order valence-electron chi connectivity index (χ2n) is 8.34. The second kappa shape index (κ2) is 9.36. The number of aryl methyl sites for hydroxylation is 1. The number of rotatable bonds is 7. The molecule has 0 atom stereocenters. The molecule has 4 rings (SSSR count). The molecule has 0 fully saturated rings. The van der Waals surface area contributed by atoms with E-state index in [4.69, 9.17) is 4.74 Å². The number of ether oxygens (including phenoxy) is 1. The summed E-state index contributed by atoms with van der Waals surface area (Å²) in [5, 5.41) is 1.23. The Morgan fingerprint density at radius 1 is 1.15 bits per heavy atom. The van der Waals surface area contributed by atoms with E-state index >= 15 is 0 Å². The fourth-order valence-electron chi connectivity index (χ4n) is 4.17. The Balaban J connectivity index is 2.08. The van der Waals surface area contributed by atoms with E-state index in [0.717, 1.165) is 35.7 Å². The molecule has 0 bridgehead atoms. The van der Waals surface area contributed by atoms with Crippen LogP contribution in [-0.4, -0.2) is 36.7 Å². The molecule has 0 unspecified atom stereocenters. The van der Waals surface area contributed by atoms with Crippen LogP contribution in [0, 0.1) is 0 Å². The van der Waals surface area contributed by atoms with Crippen molar-refractivity contribution in [3.05, 3.63) is 75.6 Å². The van der Waals surface area contributed by atoms with Crippen LogP contribution in [0.4, 0.5) is 5.82 Å². The third-order valence-corrected chi connectivity index (χ3v) is 5.87. The van der Waals surface area contributed by atoms with Gasteiger partial charge in [0.25, 0.3) is 5.56 Å². The number of fused-ring (bicyclic) bond motifs is 3. The molecule has 2 heterocycles. The molecule has 6 nitrogen and oxygen atoms in total. The Hall–Kier alpha value is -3.80. The van der Waals surface area contributed by atoms with Crippen LogP contribution in [0.25, 0.3) is 34.1 Å². The maximum atomic E-state index is 13.8. The minimum absolute atomic E-state index is 0.255. The van der Waals surface area contributed by atoms with Gasteiger partial charge < -0.3 is 14.6 Å². The lowest BCUT2D eigenvalue weighted by atomic mass is 10.0. The highest BCUT2D eigenvalue weighted by Gasteiger charge is 2.25. The standard InChI is InChI=1S/C27H29N3O3/c1-5-6-10-19-13-14-21-20(17-19)24-22(23(27(32)33-4)25(28-24)29(2)3)26(31)30(21)16-15-18-11-8-7-9-12-18/h7-9,11-17,28H,5-6,10H2,1-4H3. The Bertz CT molecular complexity index is 1400. The molecular weight excluding hydrogens is 414 g/mol. The number of nitrogens with one attached hydrogen (secondary N) is 1. The zero-order valence-corrected chi connectivity index (χ0v) is 19.5. The number of carbonyl (C=O) groups excluding carboxylic acids is 1. The zero-order chi connectivity index (χ0) is 23.5. The first kappa shape index (κ1) is 22.4. The van der Waals surface area contributed by atoms with Gasteiger partial charge in [-0.3, -0.25) is 9.36 Å². The van der Waals surface area contributed by atoms with E-state index in [2.05, 4.69) is 24.0 Å². The fraction of sp³-hybridized carbons (Fsp3) is 0.259. The van der Waals surface area contributed by atoms with Gasteiger partial charge in [-0.15, -0.1) is 0 Å². The summed E-state index contributed by atoms with van der Waals surface area (Å²) in [7, 11) is 5.00. The Labute approximate surface area is 193 Å². The topological polar surface area (TPSA) is 67.3 Å². The fourth-order valence-corrected chi connectivity index (χ4v) is 4.17. The normalized spacial score (nSPS) is 11.5. The number of pyridine rings is 1. The summed E-state index contributed by atoms with van der Waals surface area (Å²) in [5.41, 5.74) is 3.60. The van der Waals surface area contributed by atoms with Crippen LogP contribution < -0.4 is 10.5 Å². The summed E-state index contributed by atoms with van der Waals surface area (Å²) in [6, 6.07) is 16.0. The van der Waals surface area contributed by atoms with Gasteiger partial charge in [0.15, 0.2) is 0 Å². The molecule has 0 saturated carbocycles. The molecule has 2 aromatic carbocycles. The number of aromatic nitrogens is 2.